The van der Waals surface area contributed by atoms with Crippen molar-refractivity contribution in [2.45, 2.75) is 25.8 Å². The van der Waals surface area contributed by atoms with Crippen LogP contribution in [0, 0.1) is 0 Å². The number of piperazine rings is 1. The van der Waals surface area contributed by atoms with Gasteiger partial charge in [0.05, 0.1) is 32.5 Å². The highest BCUT2D eigenvalue weighted by Gasteiger charge is 2.28. The van der Waals surface area contributed by atoms with Crippen molar-refractivity contribution in [2.24, 2.45) is 5.10 Å². The molecule has 1 atom stereocenters. The molecule has 36 heavy (non-hydrogen) atoms. The lowest BCUT2D eigenvalue weighted by atomic mass is 9.94. The lowest BCUT2D eigenvalue weighted by molar-refractivity contribution is 0.0854. The maximum absolute atomic E-state index is 12.7. The van der Waals surface area contributed by atoms with Crippen LogP contribution in [0.3, 0.4) is 0 Å². The van der Waals surface area contributed by atoms with Gasteiger partial charge in [0.25, 0.3) is 6.43 Å². The standard InChI is InChI=1S/C26H33F2N5O3/c1-17-13-19-14-22(35-3)23(36-4)15-21(19)25(30-33(17)26(34)29-2)18-5-7-20(8-6-18)32-11-9-31(10-12-32)16-24(27)28/h5-8,14-15,17,24H,9-13,16H2,1-4H3,(H,29,34). The molecule has 2 aliphatic rings. The van der Waals surface area contributed by atoms with E-state index in [1.807, 2.05) is 43.3 Å². The number of hydrogen-bond acceptors (Lipinski definition) is 6. The summed E-state index contributed by atoms with van der Waals surface area (Å²) < 4.78 is 36.5. The normalized spacial score (nSPS) is 18.4. The number of nitrogens with one attached hydrogen (secondary N) is 1. The Hall–Kier alpha value is -3.40. The Kier molecular flexibility index (Phi) is 7.93. The van der Waals surface area contributed by atoms with Crippen LogP contribution >= 0.6 is 0 Å². The number of nitrogens with zero attached hydrogens (tertiary/aromatic N) is 4. The molecule has 2 aliphatic heterocycles. The summed E-state index contributed by atoms with van der Waals surface area (Å²) in [5.41, 5.74) is 4.41. The van der Waals surface area contributed by atoms with Crippen molar-refractivity contribution >= 4 is 17.4 Å². The van der Waals surface area contributed by atoms with E-state index in [9.17, 15) is 13.6 Å². The van der Waals surface area contributed by atoms with E-state index in [0.717, 1.165) is 22.4 Å². The van der Waals surface area contributed by atoms with E-state index >= 15 is 0 Å². The smallest absolute Gasteiger partial charge is 0.337 e. The van der Waals surface area contributed by atoms with Crippen LogP contribution < -0.4 is 19.7 Å². The van der Waals surface area contributed by atoms with Gasteiger partial charge in [-0.15, -0.1) is 0 Å². The Morgan fingerprint density at radius 1 is 1.08 bits per heavy atom. The van der Waals surface area contributed by atoms with Crippen LogP contribution in [0.1, 0.15) is 23.6 Å². The molecule has 0 spiro atoms. The highest BCUT2D eigenvalue weighted by Crippen LogP contribution is 2.35. The number of halogens is 2. The minimum atomic E-state index is -2.31. The van der Waals surface area contributed by atoms with E-state index in [2.05, 4.69) is 10.2 Å². The topological polar surface area (TPSA) is 69.6 Å². The fraction of sp³-hybridized carbons (Fsp3) is 0.462. The molecule has 0 bridgehead atoms. The van der Waals surface area contributed by atoms with Gasteiger partial charge in [-0.3, -0.25) is 4.90 Å². The number of carbonyl (C=O) groups excluding carboxylic acids is 1. The van der Waals surface area contributed by atoms with Crippen molar-refractivity contribution in [3.8, 4) is 11.5 Å². The number of carbonyl (C=O) groups is 1. The third-order valence-electron chi connectivity index (χ3n) is 6.70. The van der Waals surface area contributed by atoms with Crippen molar-refractivity contribution in [1.29, 1.82) is 0 Å². The molecule has 0 aliphatic carbocycles. The molecular formula is C26H33F2N5O3. The lowest BCUT2D eigenvalue weighted by Gasteiger charge is -2.36. The zero-order valence-electron chi connectivity index (χ0n) is 21.1. The monoisotopic (exact) mass is 501 g/mol. The molecule has 2 aromatic carbocycles. The Bertz CT molecular complexity index is 1100. The Morgan fingerprint density at radius 2 is 1.72 bits per heavy atom. The summed E-state index contributed by atoms with van der Waals surface area (Å²) in [5, 5.41) is 8.95. The van der Waals surface area contributed by atoms with Crippen LogP contribution in [-0.4, -0.2) is 88.1 Å². The van der Waals surface area contributed by atoms with Crippen molar-refractivity contribution < 1.29 is 23.0 Å². The molecular weight excluding hydrogens is 468 g/mol. The number of alkyl halides is 2. The predicted molar refractivity (Wildman–Crippen MR) is 136 cm³/mol. The number of rotatable bonds is 6. The van der Waals surface area contributed by atoms with Crippen LogP contribution in [0.25, 0.3) is 0 Å². The molecule has 10 heteroatoms. The SMILES string of the molecule is CNC(=O)N1N=C(c2ccc(N3CCN(CC(F)F)CC3)cc2)c2cc(OC)c(OC)cc2CC1C. The third-order valence-corrected chi connectivity index (χ3v) is 6.70. The predicted octanol–water partition coefficient (Wildman–Crippen LogP) is 3.43. The summed E-state index contributed by atoms with van der Waals surface area (Å²) in [4.78, 5) is 16.6. The van der Waals surface area contributed by atoms with Gasteiger partial charge in [-0.25, -0.2) is 18.6 Å². The molecule has 1 saturated heterocycles. The number of hydrazone groups is 1. The molecule has 2 aromatic rings. The van der Waals surface area contributed by atoms with Crippen LogP contribution in [0.5, 0.6) is 11.5 Å². The summed E-state index contributed by atoms with van der Waals surface area (Å²) in [6, 6.07) is 11.4. The zero-order chi connectivity index (χ0) is 25.8. The summed E-state index contributed by atoms with van der Waals surface area (Å²) in [6.45, 7) is 4.36. The van der Waals surface area contributed by atoms with Gasteiger partial charge in [0.1, 0.15) is 0 Å². The molecule has 0 radical (unpaired) electrons. The Labute approximate surface area is 210 Å². The first-order valence-corrected chi connectivity index (χ1v) is 12.0. The first kappa shape index (κ1) is 25.7. The van der Waals surface area contributed by atoms with Crippen molar-refractivity contribution in [3.63, 3.8) is 0 Å². The quantitative estimate of drug-likeness (QED) is 0.657. The summed E-state index contributed by atoms with van der Waals surface area (Å²) >= 11 is 0. The number of fused-ring (bicyclic) bond motifs is 1. The first-order valence-electron chi connectivity index (χ1n) is 12.0. The fourth-order valence-corrected chi connectivity index (χ4v) is 4.76. The molecule has 4 rings (SSSR count). The molecule has 1 N–H and O–H groups in total. The largest absolute Gasteiger partial charge is 0.493 e. The van der Waals surface area contributed by atoms with E-state index in [1.54, 1.807) is 26.2 Å². The number of hydrogen-bond donors (Lipinski definition) is 1. The van der Waals surface area contributed by atoms with Gasteiger partial charge in [-0.05, 0) is 43.2 Å². The molecule has 1 fully saturated rings. The minimum Gasteiger partial charge on any atom is -0.493 e. The number of benzene rings is 2. The maximum atomic E-state index is 12.7. The second-order valence-corrected chi connectivity index (χ2v) is 8.99. The first-order chi connectivity index (χ1) is 17.3. The average molecular weight is 502 g/mol. The minimum absolute atomic E-state index is 0.178. The van der Waals surface area contributed by atoms with Crippen LogP contribution in [-0.2, 0) is 6.42 Å². The van der Waals surface area contributed by atoms with Gasteiger partial charge in [-0.2, -0.15) is 5.10 Å². The summed E-state index contributed by atoms with van der Waals surface area (Å²) in [7, 11) is 4.78. The Balaban J connectivity index is 1.67. The Morgan fingerprint density at radius 3 is 2.31 bits per heavy atom. The average Bonchev–Trinajstić information content (AvgIpc) is 3.03. The maximum Gasteiger partial charge on any atom is 0.337 e. The van der Waals surface area contributed by atoms with E-state index < -0.39 is 6.43 Å². The molecule has 194 valence electrons. The van der Waals surface area contributed by atoms with E-state index in [-0.39, 0.29) is 18.6 Å². The highest BCUT2D eigenvalue weighted by molar-refractivity contribution is 6.14. The van der Waals surface area contributed by atoms with E-state index in [1.165, 1.54) is 5.01 Å². The molecule has 1 unspecified atom stereocenters. The van der Waals surface area contributed by atoms with E-state index in [0.29, 0.717) is 49.8 Å². The second kappa shape index (κ2) is 11.1. The number of anilines is 1. The molecule has 8 nitrogen and oxygen atoms in total. The van der Waals surface area contributed by atoms with Crippen LogP contribution in [0.2, 0.25) is 0 Å². The van der Waals surface area contributed by atoms with Gasteiger partial charge in [0.2, 0.25) is 0 Å². The second-order valence-electron chi connectivity index (χ2n) is 8.99. The van der Waals surface area contributed by atoms with Gasteiger partial charge in [0.15, 0.2) is 11.5 Å². The van der Waals surface area contributed by atoms with E-state index in [4.69, 9.17) is 14.6 Å². The highest BCUT2D eigenvalue weighted by atomic mass is 19.3. The summed E-state index contributed by atoms with van der Waals surface area (Å²) in [6.07, 6.45) is -1.72. The van der Waals surface area contributed by atoms with Gasteiger partial charge >= 0.3 is 6.03 Å². The summed E-state index contributed by atoms with van der Waals surface area (Å²) in [5.74, 6) is 1.21. The molecule has 2 heterocycles. The van der Waals surface area contributed by atoms with Crippen molar-refractivity contribution in [2.75, 3.05) is 58.9 Å². The van der Waals surface area contributed by atoms with Crippen LogP contribution in [0.15, 0.2) is 41.5 Å². The van der Waals surface area contributed by atoms with Crippen molar-refractivity contribution in [1.82, 2.24) is 15.2 Å². The van der Waals surface area contributed by atoms with Gasteiger partial charge < -0.3 is 19.7 Å². The number of methoxy groups -OCH3 is 2. The third kappa shape index (κ3) is 5.38. The van der Waals surface area contributed by atoms with Crippen molar-refractivity contribution in [3.05, 3.63) is 53.1 Å². The fourth-order valence-electron chi connectivity index (χ4n) is 4.76. The zero-order valence-corrected chi connectivity index (χ0v) is 21.1. The molecule has 0 saturated carbocycles. The number of amides is 2. The number of ether oxygens (including phenoxy) is 2. The van der Waals surface area contributed by atoms with Gasteiger partial charge in [-0.1, -0.05) is 12.1 Å². The van der Waals surface area contributed by atoms with Gasteiger partial charge in [0, 0.05) is 50.0 Å². The lowest BCUT2D eigenvalue weighted by Crippen LogP contribution is -2.47. The number of urea groups is 1. The molecule has 0 aromatic heterocycles. The van der Waals surface area contributed by atoms with Crippen LogP contribution in [0.4, 0.5) is 19.3 Å². The molecule has 2 amide bonds.